The molecule has 0 spiro atoms. The first kappa shape index (κ1) is 11.0. The number of aromatic nitrogens is 2. The van der Waals surface area contributed by atoms with E-state index in [2.05, 4.69) is 4.98 Å². The van der Waals surface area contributed by atoms with Gasteiger partial charge < -0.3 is 0 Å². The second kappa shape index (κ2) is 4.15. The quantitative estimate of drug-likeness (QED) is 0.847. The van der Waals surface area contributed by atoms with Crippen LogP contribution in [0.25, 0.3) is 5.69 Å². The number of hydrogen-bond acceptors (Lipinski definition) is 2. The van der Waals surface area contributed by atoms with Crippen molar-refractivity contribution in [1.29, 1.82) is 0 Å². The molecular weight excluding hydrogens is 251 g/mol. The second-order valence-electron chi connectivity index (χ2n) is 3.08. The van der Waals surface area contributed by atoms with Crippen molar-refractivity contribution in [3.8, 4) is 5.69 Å². The van der Waals surface area contributed by atoms with Crippen LogP contribution in [0.15, 0.2) is 40.1 Å². The summed E-state index contributed by atoms with van der Waals surface area (Å²) in [5, 5.41) is 0.830. The van der Waals surface area contributed by atoms with Crippen LogP contribution in [0, 0.1) is 0 Å². The average molecular weight is 257 g/mol. The van der Waals surface area contributed by atoms with Gasteiger partial charge in [0.25, 0.3) is 5.56 Å². The van der Waals surface area contributed by atoms with Gasteiger partial charge in [-0.1, -0.05) is 23.2 Å². The Kier molecular flexibility index (Phi) is 2.85. The molecule has 2 rings (SSSR count). The van der Waals surface area contributed by atoms with Crippen molar-refractivity contribution in [3.05, 3.63) is 61.3 Å². The molecular formula is C10H6Cl2N2O2. The summed E-state index contributed by atoms with van der Waals surface area (Å²) >= 11 is 11.7. The molecule has 0 unspecified atom stereocenters. The molecule has 82 valence electrons. The molecule has 1 N–H and O–H groups in total. The summed E-state index contributed by atoms with van der Waals surface area (Å²) in [5.41, 5.74) is -0.591. The van der Waals surface area contributed by atoms with Gasteiger partial charge in [0.15, 0.2) is 0 Å². The lowest BCUT2D eigenvalue weighted by atomic mass is 10.3. The second-order valence-corrected chi connectivity index (χ2v) is 3.92. The van der Waals surface area contributed by atoms with Crippen molar-refractivity contribution < 1.29 is 0 Å². The molecule has 1 aromatic heterocycles. The number of nitrogens with zero attached hydrogens (tertiary/aromatic N) is 1. The van der Waals surface area contributed by atoms with Crippen LogP contribution in [0.4, 0.5) is 0 Å². The maximum Gasteiger partial charge on any atom is 0.332 e. The van der Waals surface area contributed by atoms with Crippen LogP contribution in [0.2, 0.25) is 10.0 Å². The summed E-state index contributed by atoms with van der Waals surface area (Å²) in [6.45, 7) is 0. The zero-order chi connectivity index (χ0) is 11.7. The summed E-state index contributed by atoms with van der Waals surface area (Å²) in [6, 6.07) is 5.98. The summed E-state index contributed by atoms with van der Waals surface area (Å²) in [7, 11) is 0. The van der Waals surface area contributed by atoms with Gasteiger partial charge in [-0.15, -0.1) is 0 Å². The molecule has 1 aromatic carbocycles. The standard InChI is InChI=1S/C10H6Cl2N2O2/c11-6-1-2-7(12)8(5-6)14-4-3-9(15)13-10(14)16/h1-5H,(H,13,15,16). The maximum atomic E-state index is 11.5. The molecule has 2 aromatic rings. The Morgan fingerprint density at radius 3 is 2.56 bits per heavy atom. The Labute approximate surface area is 100 Å². The molecule has 0 saturated carbocycles. The molecule has 4 nitrogen and oxygen atoms in total. The third-order valence-electron chi connectivity index (χ3n) is 1.99. The van der Waals surface area contributed by atoms with Crippen molar-refractivity contribution in [2.75, 3.05) is 0 Å². The lowest BCUT2D eigenvalue weighted by molar-refractivity contribution is 0.896. The fourth-order valence-corrected chi connectivity index (χ4v) is 1.65. The van der Waals surface area contributed by atoms with Crippen molar-refractivity contribution >= 4 is 23.2 Å². The van der Waals surface area contributed by atoms with Crippen LogP contribution < -0.4 is 11.2 Å². The average Bonchev–Trinajstić information content (AvgIpc) is 2.22. The van der Waals surface area contributed by atoms with Gasteiger partial charge in [-0.05, 0) is 18.2 Å². The highest BCUT2D eigenvalue weighted by atomic mass is 35.5. The third kappa shape index (κ3) is 2.03. The van der Waals surface area contributed by atoms with Crippen LogP contribution in [0.5, 0.6) is 0 Å². The Morgan fingerprint density at radius 2 is 1.88 bits per heavy atom. The Hall–Kier alpha value is -1.52. The number of aromatic amines is 1. The van der Waals surface area contributed by atoms with Gasteiger partial charge in [-0.25, -0.2) is 4.79 Å². The number of hydrogen-bond donors (Lipinski definition) is 1. The van der Waals surface area contributed by atoms with Gasteiger partial charge in [-0.3, -0.25) is 14.3 Å². The number of benzene rings is 1. The number of nitrogens with one attached hydrogen (secondary N) is 1. The molecule has 6 heteroatoms. The molecule has 0 bridgehead atoms. The van der Waals surface area contributed by atoms with Gasteiger partial charge in [0.1, 0.15) is 0 Å². The van der Waals surface area contributed by atoms with E-state index in [1.165, 1.54) is 16.8 Å². The van der Waals surface area contributed by atoms with Crippen LogP contribution in [-0.2, 0) is 0 Å². The van der Waals surface area contributed by atoms with Gasteiger partial charge >= 0.3 is 5.69 Å². The van der Waals surface area contributed by atoms with E-state index in [4.69, 9.17) is 23.2 Å². The molecule has 0 aliphatic heterocycles. The highest BCUT2D eigenvalue weighted by molar-refractivity contribution is 6.34. The lowest BCUT2D eigenvalue weighted by Gasteiger charge is -2.06. The number of H-pyrrole nitrogens is 1. The number of halogens is 2. The van der Waals surface area contributed by atoms with E-state index in [-0.39, 0.29) is 0 Å². The summed E-state index contributed by atoms with van der Waals surface area (Å²) < 4.78 is 1.22. The third-order valence-corrected chi connectivity index (χ3v) is 2.55. The first-order valence-electron chi connectivity index (χ1n) is 4.35. The molecule has 0 aliphatic carbocycles. The fraction of sp³-hybridized carbons (Fsp3) is 0. The molecule has 0 atom stereocenters. The van der Waals surface area contributed by atoms with E-state index in [9.17, 15) is 9.59 Å². The monoisotopic (exact) mass is 256 g/mol. The summed E-state index contributed by atoms with van der Waals surface area (Å²) in [6.07, 6.45) is 1.35. The highest BCUT2D eigenvalue weighted by Gasteiger charge is 2.05. The SMILES string of the molecule is O=c1ccn(-c2cc(Cl)ccc2Cl)c(=O)[nH]1. The number of rotatable bonds is 1. The fourth-order valence-electron chi connectivity index (χ4n) is 1.28. The van der Waals surface area contributed by atoms with Crippen LogP contribution >= 0.6 is 23.2 Å². The minimum atomic E-state index is -0.559. The molecule has 0 fully saturated rings. The van der Waals surface area contributed by atoms with Crippen molar-refractivity contribution in [2.24, 2.45) is 0 Å². The smallest absolute Gasteiger partial charge is 0.274 e. The van der Waals surface area contributed by atoms with Gasteiger partial charge in [-0.2, -0.15) is 0 Å². The van der Waals surface area contributed by atoms with E-state index in [0.717, 1.165) is 0 Å². The first-order valence-corrected chi connectivity index (χ1v) is 5.11. The van der Waals surface area contributed by atoms with E-state index in [1.54, 1.807) is 18.2 Å². The van der Waals surface area contributed by atoms with Gasteiger partial charge in [0.2, 0.25) is 0 Å². The van der Waals surface area contributed by atoms with E-state index >= 15 is 0 Å². The molecule has 0 radical (unpaired) electrons. The van der Waals surface area contributed by atoms with Crippen LogP contribution in [0.1, 0.15) is 0 Å². The lowest BCUT2D eigenvalue weighted by Crippen LogP contribution is -2.27. The Morgan fingerprint density at radius 1 is 1.12 bits per heavy atom. The summed E-state index contributed by atoms with van der Waals surface area (Å²) in [5.74, 6) is 0. The topological polar surface area (TPSA) is 54.9 Å². The normalized spacial score (nSPS) is 10.4. The van der Waals surface area contributed by atoms with Crippen molar-refractivity contribution in [2.45, 2.75) is 0 Å². The Balaban J connectivity index is 2.72. The molecule has 16 heavy (non-hydrogen) atoms. The Bertz CT molecular complexity index is 646. The van der Waals surface area contributed by atoms with E-state index < -0.39 is 11.2 Å². The molecule has 0 saturated heterocycles. The zero-order valence-corrected chi connectivity index (χ0v) is 9.42. The predicted molar refractivity (Wildman–Crippen MR) is 62.7 cm³/mol. The maximum absolute atomic E-state index is 11.5. The molecule has 1 heterocycles. The van der Waals surface area contributed by atoms with Gasteiger partial charge in [0, 0.05) is 17.3 Å². The van der Waals surface area contributed by atoms with Gasteiger partial charge in [0.05, 0.1) is 10.7 Å². The van der Waals surface area contributed by atoms with Crippen LogP contribution in [-0.4, -0.2) is 9.55 Å². The van der Waals surface area contributed by atoms with Crippen molar-refractivity contribution in [3.63, 3.8) is 0 Å². The van der Waals surface area contributed by atoms with E-state index in [0.29, 0.717) is 15.7 Å². The summed E-state index contributed by atoms with van der Waals surface area (Å²) in [4.78, 5) is 24.5. The van der Waals surface area contributed by atoms with Crippen molar-refractivity contribution in [1.82, 2.24) is 9.55 Å². The van der Waals surface area contributed by atoms with E-state index in [1.807, 2.05) is 0 Å². The zero-order valence-electron chi connectivity index (χ0n) is 7.91. The molecule has 0 aliphatic rings. The minimum absolute atomic E-state index is 0.374. The largest absolute Gasteiger partial charge is 0.332 e. The molecule has 0 amide bonds. The predicted octanol–water partition coefficient (Wildman–Crippen LogP) is 1.83. The highest BCUT2D eigenvalue weighted by Crippen LogP contribution is 2.22. The van der Waals surface area contributed by atoms with Crippen LogP contribution in [0.3, 0.4) is 0 Å². The minimum Gasteiger partial charge on any atom is -0.274 e. The first-order chi connectivity index (χ1) is 7.58.